The Labute approximate surface area is 118 Å². The minimum Gasteiger partial charge on any atom is -0.316 e. The number of pyridine rings is 2. The zero-order valence-corrected chi connectivity index (χ0v) is 11.6. The summed E-state index contributed by atoms with van der Waals surface area (Å²) in [4.78, 5) is 23.0. The monoisotopic (exact) mass is 272 g/mol. The molecule has 0 aliphatic rings. The second kappa shape index (κ2) is 7.48. The summed E-state index contributed by atoms with van der Waals surface area (Å²) in [5, 5.41) is 0. The SMILES string of the molecule is O=c1ccccn1CCCCCCn1ccccc1=O. The van der Waals surface area contributed by atoms with Crippen LogP contribution < -0.4 is 11.1 Å². The summed E-state index contributed by atoms with van der Waals surface area (Å²) in [5.41, 5.74) is 0.117. The minimum atomic E-state index is 0.0586. The number of nitrogens with zero attached hydrogens (tertiary/aromatic N) is 2. The second-order valence-electron chi connectivity index (χ2n) is 4.88. The average molecular weight is 272 g/mol. The van der Waals surface area contributed by atoms with Gasteiger partial charge >= 0.3 is 0 Å². The lowest BCUT2D eigenvalue weighted by Crippen LogP contribution is -2.18. The summed E-state index contributed by atoms with van der Waals surface area (Å²) >= 11 is 0. The number of aryl methyl sites for hydroxylation is 2. The molecule has 2 heterocycles. The van der Waals surface area contributed by atoms with Gasteiger partial charge in [-0.15, -0.1) is 0 Å². The van der Waals surface area contributed by atoms with Gasteiger partial charge in [0, 0.05) is 37.6 Å². The van der Waals surface area contributed by atoms with Gasteiger partial charge in [0.05, 0.1) is 0 Å². The lowest BCUT2D eigenvalue weighted by Gasteiger charge is -2.06. The van der Waals surface area contributed by atoms with Crippen LogP contribution in [0.1, 0.15) is 25.7 Å². The minimum absolute atomic E-state index is 0.0586. The maximum absolute atomic E-state index is 11.5. The van der Waals surface area contributed by atoms with E-state index in [2.05, 4.69) is 0 Å². The van der Waals surface area contributed by atoms with Gasteiger partial charge in [-0.1, -0.05) is 25.0 Å². The maximum Gasteiger partial charge on any atom is 0.250 e. The lowest BCUT2D eigenvalue weighted by atomic mass is 10.2. The number of unbranched alkanes of at least 4 members (excludes halogenated alkanes) is 3. The molecule has 0 atom stereocenters. The van der Waals surface area contributed by atoms with E-state index in [1.54, 1.807) is 33.4 Å². The molecule has 4 nitrogen and oxygen atoms in total. The molecular weight excluding hydrogens is 252 g/mol. The van der Waals surface area contributed by atoms with E-state index < -0.39 is 0 Å². The van der Waals surface area contributed by atoms with Crippen molar-refractivity contribution in [1.82, 2.24) is 9.13 Å². The molecule has 4 heteroatoms. The standard InChI is InChI=1S/C16H20N2O2/c19-15-9-3-7-13-17(15)11-5-1-2-6-12-18-14-8-4-10-16(18)20/h3-4,7-10,13-14H,1-2,5-6,11-12H2. The van der Waals surface area contributed by atoms with Gasteiger partial charge in [-0.25, -0.2) is 0 Å². The largest absolute Gasteiger partial charge is 0.316 e. The van der Waals surface area contributed by atoms with Crippen LogP contribution >= 0.6 is 0 Å². The van der Waals surface area contributed by atoms with Gasteiger partial charge in [-0.05, 0) is 25.0 Å². The highest BCUT2D eigenvalue weighted by Gasteiger charge is 1.96. The van der Waals surface area contributed by atoms with Crippen molar-refractivity contribution < 1.29 is 0 Å². The maximum atomic E-state index is 11.5. The molecule has 0 saturated heterocycles. The van der Waals surface area contributed by atoms with Crippen molar-refractivity contribution in [3.63, 3.8) is 0 Å². The van der Waals surface area contributed by atoms with E-state index >= 15 is 0 Å². The van der Waals surface area contributed by atoms with Crippen molar-refractivity contribution in [1.29, 1.82) is 0 Å². The first kappa shape index (κ1) is 14.3. The van der Waals surface area contributed by atoms with E-state index in [-0.39, 0.29) is 11.1 Å². The Morgan fingerprint density at radius 1 is 0.650 bits per heavy atom. The topological polar surface area (TPSA) is 44.0 Å². The fourth-order valence-corrected chi connectivity index (χ4v) is 2.21. The van der Waals surface area contributed by atoms with E-state index in [4.69, 9.17) is 0 Å². The van der Waals surface area contributed by atoms with Crippen molar-refractivity contribution in [2.24, 2.45) is 0 Å². The molecule has 0 aromatic carbocycles. The number of hydrogen-bond acceptors (Lipinski definition) is 2. The molecule has 0 N–H and O–H groups in total. The Kier molecular flexibility index (Phi) is 5.35. The number of aromatic nitrogens is 2. The second-order valence-corrected chi connectivity index (χ2v) is 4.88. The molecule has 0 radical (unpaired) electrons. The molecule has 2 aromatic rings. The fourth-order valence-electron chi connectivity index (χ4n) is 2.21. The highest BCUT2D eigenvalue weighted by molar-refractivity contribution is 4.93. The third-order valence-corrected chi connectivity index (χ3v) is 3.35. The molecule has 0 amide bonds. The molecule has 0 fully saturated rings. The third-order valence-electron chi connectivity index (χ3n) is 3.35. The summed E-state index contributed by atoms with van der Waals surface area (Å²) in [6, 6.07) is 10.4. The zero-order chi connectivity index (χ0) is 14.2. The summed E-state index contributed by atoms with van der Waals surface area (Å²) < 4.78 is 3.48. The van der Waals surface area contributed by atoms with Gasteiger partial charge in [0.2, 0.25) is 11.1 Å². The Morgan fingerprint density at radius 2 is 1.10 bits per heavy atom. The van der Waals surface area contributed by atoms with Gasteiger partial charge in [-0.3, -0.25) is 9.59 Å². The van der Waals surface area contributed by atoms with Crippen LogP contribution in [0.15, 0.2) is 58.4 Å². The van der Waals surface area contributed by atoms with E-state index in [0.717, 1.165) is 38.8 Å². The summed E-state index contributed by atoms with van der Waals surface area (Å²) in [7, 11) is 0. The highest BCUT2D eigenvalue weighted by atomic mass is 16.1. The van der Waals surface area contributed by atoms with E-state index in [9.17, 15) is 9.59 Å². The van der Waals surface area contributed by atoms with Crippen LogP contribution in [-0.2, 0) is 13.1 Å². The van der Waals surface area contributed by atoms with Crippen molar-refractivity contribution in [2.75, 3.05) is 0 Å². The molecule has 2 aromatic heterocycles. The number of hydrogen-bond donors (Lipinski definition) is 0. The molecule has 106 valence electrons. The molecule has 0 bridgehead atoms. The molecule has 2 rings (SSSR count). The smallest absolute Gasteiger partial charge is 0.250 e. The first-order valence-corrected chi connectivity index (χ1v) is 7.08. The summed E-state index contributed by atoms with van der Waals surface area (Å²) in [5.74, 6) is 0. The van der Waals surface area contributed by atoms with Crippen LogP contribution in [0.3, 0.4) is 0 Å². The predicted molar refractivity (Wildman–Crippen MR) is 79.9 cm³/mol. The van der Waals surface area contributed by atoms with Gasteiger partial charge in [-0.2, -0.15) is 0 Å². The van der Waals surface area contributed by atoms with Gasteiger partial charge < -0.3 is 9.13 Å². The predicted octanol–water partition coefficient (Wildman–Crippen LogP) is 2.27. The third kappa shape index (κ3) is 4.23. The fraction of sp³-hybridized carbons (Fsp3) is 0.375. The molecular formula is C16H20N2O2. The van der Waals surface area contributed by atoms with Crippen LogP contribution in [0.25, 0.3) is 0 Å². The van der Waals surface area contributed by atoms with E-state index in [1.165, 1.54) is 0 Å². The van der Waals surface area contributed by atoms with Crippen LogP contribution in [0.5, 0.6) is 0 Å². The molecule has 0 aliphatic heterocycles. The number of rotatable bonds is 7. The molecule has 0 aliphatic carbocycles. The first-order chi connectivity index (χ1) is 9.77. The Balaban J connectivity index is 1.65. The summed E-state index contributed by atoms with van der Waals surface area (Å²) in [6.45, 7) is 1.54. The van der Waals surface area contributed by atoms with Gasteiger partial charge in [0.1, 0.15) is 0 Å². The first-order valence-electron chi connectivity index (χ1n) is 7.08. The Bertz CT molecular complexity index is 585. The summed E-state index contributed by atoms with van der Waals surface area (Å²) in [6.07, 6.45) is 7.78. The lowest BCUT2D eigenvalue weighted by molar-refractivity contribution is 0.528. The molecule has 0 saturated carbocycles. The van der Waals surface area contributed by atoms with Crippen LogP contribution in [0.4, 0.5) is 0 Å². The zero-order valence-electron chi connectivity index (χ0n) is 11.6. The average Bonchev–Trinajstić information content (AvgIpc) is 2.46. The Morgan fingerprint density at radius 3 is 1.50 bits per heavy atom. The molecule has 20 heavy (non-hydrogen) atoms. The quantitative estimate of drug-likeness (QED) is 0.726. The molecule has 0 spiro atoms. The van der Waals surface area contributed by atoms with Crippen molar-refractivity contribution >= 4 is 0 Å². The van der Waals surface area contributed by atoms with Crippen LogP contribution in [0.2, 0.25) is 0 Å². The van der Waals surface area contributed by atoms with Crippen LogP contribution in [0, 0.1) is 0 Å². The Hall–Kier alpha value is -2.10. The van der Waals surface area contributed by atoms with E-state index in [1.807, 2.05) is 24.5 Å². The normalized spacial score (nSPS) is 10.6. The molecule has 0 unspecified atom stereocenters. The van der Waals surface area contributed by atoms with Gasteiger partial charge in [0.15, 0.2) is 0 Å². The van der Waals surface area contributed by atoms with Crippen molar-refractivity contribution in [3.05, 3.63) is 69.5 Å². The van der Waals surface area contributed by atoms with Crippen LogP contribution in [-0.4, -0.2) is 9.13 Å². The van der Waals surface area contributed by atoms with Gasteiger partial charge in [0.25, 0.3) is 0 Å². The van der Waals surface area contributed by atoms with Crippen molar-refractivity contribution in [2.45, 2.75) is 38.8 Å². The highest BCUT2D eigenvalue weighted by Crippen LogP contribution is 2.02. The van der Waals surface area contributed by atoms with E-state index in [0.29, 0.717) is 0 Å². The van der Waals surface area contributed by atoms with Crippen molar-refractivity contribution in [3.8, 4) is 0 Å².